The fourth-order valence-corrected chi connectivity index (χ4v) is 3.40. The maximum atomic E-state index is 5.67. The molecule has 2 fully saturated rings. The van der Waals surface area contributed by atoms with Crippen LogP contribution in [0.4, 0.5) is 0 Å². The first-order valence-electron chi connectivity index (χ1n) is 6.35. The summed E-state index contributed by atoms with van der Waals surface area (Å²) in [6.07, 6.45) is 4.24. The highest BCUT2D eigenvalue weighted by atomic mass is 32.1. The number of rotatable bonds is 3. The van der Waals surface area contributed by atoms with Crippen molar-refractivity contribution in [3.63, 3.8) is 0 Å². The molecule has 1 saturated heterocycles. The van der Waals surface area contributed by atoms with Crippen molar-refractivity contribution in [2.45, 2.75) is 31.8 Å². The molecule has 2 aliphatic rings. The summed E-state index contributed by atoms with van der Waals surface area (Å²) in [4.78, 5) is 3.11. The third-order valence-corrected chi connectivity index (χ3v) is 4.36. The summed E-state index contributed by atoms with van der Waals surface area (Å²) in [5, 5.41) is 0. The number of likely N-dealkylation sites (tertiary alicyclic amines) is 1. The Morgan fingerprint density at radius 1 is 1.41 bits per heavy atom. The Morgan fingerprint density at radius 2 is 2.29 bits per heavy atom. The molecule has 2 N–H and O–H groups in total. The van der Waals surface area contributed by atoms with Gasteiger partial charge in [0, 0.05) is 24.7 Å². The van der Waals surface area contributed by atoms with Gasteiger partial charge in [-0.3, -0.25) is 4.90 Å². The number of thiocarbonyl (C=S) groups is 1. The quantitative estimate of drug-likeness (QED) is 0.830. The van der Waals surface area contributed by atoms with Gasteiger partial charge in [0.05, 0.1) is 0 Å². The van der Waals surface area contributed by atoms with Crippen molar-refractivity contribution in [2.75, 3.05) is 6.54 Å². The summed E-state index contributed by atoms with van der Waals surface area (Å²) in [7, 11) is 0. The lowest BCUT2D eigenvalue weighted by atomic mass is 10.1. The lowest BCUT2D eigenvalue weighted by molar-refractivity contribution is 0.205. The zero-order valence-corrected chi connectivity index (χ0v) is 10.7. The van der Waals surface area contributed by atoms with Crippen LogP contribution in [0.3, 0.4) is 0 Å². The highest BCUT2D eigenvalue weighted by molar-refractivity contribution is 7.80. The second-order valence-corrected chi connectivity index (χ2v) is 5.77. The summed E-state index contributed by atoms with van der Waals surface area (Å²) in [5.74, 6) is 0.957. The largest absolute Gasteiger partial charge is 0.389 e. The van der Waals surface area contributed by atoms with Gasteiger partial charge in [0.15, 0.2) is 0 Å². The molecule has 2 nitrogen and oxygen atoms in total. The maximum Gasteiger partial charge on any atom is 0.103 e. The fraction of sp³-hybridized carbons (Fsp3) is 0.500. The number of piperidine rings is 1. The van der Waals surface area contributed by atoms with Gasteiger partial charge >= 0.3 is 0 Å². The van der Waals surface area contributed by atoms with Gasteiger partial charge in [-0.25, -0.2) is 0 Å². The van der Waals surface area contributed by atoms with Crippen molar-refractivity contribution >= 4 is 17.2 Å². The number of nitrogens with two attached hydrogens (primary N) is 1. The maximum absolute atomic E-state index is 5.67. The highest BCUT2D eigenvalue weighted by Gasteiger charge is 2.37. The Hall–Kier alpha value is -0.930. The molecular formula is C14H18N2S. The van der Waals surface area contributed by atoms with E-state index in [2.05, 4.69) is 23.1 Å². The van der Waals surface area contributed by atoms with E-state index in [-0.39, 0.29) is 0 Å². The Kier molecular flexibility index (Phi) is 2.89. The number of hydrogen-bond donors (Lipinski definition) is 1. The third kappa shape index (κ3) is 2.22. The molecule has 2 bridgehead atoms. The average Bonchev–Trinajstić information content (AvgIpc) is 2.91. The third-order valence-electron chi connectivity index (χ3n) is 4.12. The summed E-state index contributed by atoms with van der Waals surface area (Å²) in [6.45, 7) is 2.33. The van der Waals surface area contributed by atoms with Gasteiger partial charge in [0.2, 0.25) is 0 Å². The number of hydrogen-bond acceptors (Lipinski definition) is 2. The van der Waals surface area contributed by atoms with Crippen molar-refractivity contribution in [1.29, 1.82) is 0 Å². The van der Waals surface area contributed by atoms with Crippen molar-refractivity contribution in [1.82, 2.24) is 4.90 Å². The Labute approximate surface area is 108 Å². The topological polar surface area (TPSA) is 29.3 Å². The molecule has 1 aliphatic heterocycles. The molecule has 0 spiro atoms. The zero-order chi connectivity index (χ0) is 11.8. The smallest absolute Gasteiger partial charge is 0.103 e. The minimum Gasteiger partial charge on any atom is -0.389 e. The van der Waals surface area contributed by atoms with Crippen LogP contribution in [0.1, 0.15) is 30.4 Å². The molecule has 2 unspecified atom stereocenters. The molecule has 0 amide bonds. The van der Waals surface area contributed by atoms with E-state index in [9.17, 15) is 0 Å². The van der Waals surface area contributed by atoms with Crippen LogP contribution in [0.2, 0.25) is 0 Å². The SMILES string of the molecule is NC(=S)c1cccc(CN2CC3CCC2C3)c1. The van der Waals surface area contributed by atoms with Crippen LogP contribution >= 0.6 is 12.2 Å². The van der Waals surface area contributed by atoms with E-state index in [4.69, 9.17) is 18.0 Å². The molecule has 3 rings (SSSR count). The standard InChI is InChI=1S/C14H18N2S/c15-14(17)12-3-1-2-10(6-12)8-16-9-11-4-5-13(16)7-11/h1-3,6,11,13H,4-5,7-9H2,(H2,15,17). The predicted molar refractivity (Wildman–Crippen MR) is 73.9 cm³/mol. The molecule has 0 aromatic heterocycles. The minimum atomic E-state index is 0.495. The number of nitrogens with zero attached hydrogens (tertiary/aromatic N) is 1. The van der Waals surface area contributed by atoms with Gasteiger partial charge < -0.3 is 5.73 Å². The lowest BCUT2D eigenvalue weighted by Gasteiger charge is -2.26. The van der Waals surface area contributed by atoms with Crippen LogP contribution in [0.5, 0.6) is 0 Å². The number of fused-ring (bicyclic) bond motifs is 2. The molecule has 1 saturated carbocycles. The molecular weight excluding hydrogens is 228 g/mol. The number of benzene rings is 1. The van der Waals surface area contributed by atoms with Gasteiger partial charge in [-0.15, -0.1) is 0 Å². The molecule has 1 aromatic rings. The van der Waals surface area contributed by atoms with Crippen molar-refractivity contribution in [3.8, 4) is 0 Å². The normalized spacial score (nSPS) is 27.5. The predicted octanol–water partition coefficient (Wildman–Crippen LogP) is 2.31. The summed E-state index contributed by atoms with van der Waals surface area (Å²) >= 11 is 5.02. The Morgan fingerprint density at radius 3 is 2.94 bits per heavy atom. The Balaban J connectivity index is 1.73. The molecule has 1 heterocycles. The van der Waals surface area contributed by atoms with E-state index >= 15 is 0 Å². The van der Waals surface area contributed by atoms with Crippen LogP contribution < -0.4 is 5.73 Å². The highest BCUT2D eigenvalue weighted by Crippen LogP contribution is 2.38. The summed E-state index contributed by atoms with van der Waals surface area (Å²) < 4.78 is 0. The fourth-order valence-electron chi connectivity index (χ4n) is 3.28. The first-order chi connectivity index (χ1) is 8.22. The molecule has 1 aromatic carbocycles. The van der Waals surface area contributed by atoms with Gasteiger partial charge in [-0.2, -0.15) is 0 Å². The van der Waals surface area contributed by atoms with E-state index < -0.39 is 0 Å². The summed E-state index contributed by atoms with van der Waals surface area (Å²) in [5.41, 5.74) is 7.99. The van der Waals surface area contributed by atoms with E-state index in [0.29, 0.717) is 4.99 Å². The van der Waals surface area contributed by atoms with E-state index in [1.165, 1.54) is 31.4 Å². The van der Waals surface area contributed by atoms with Gasteiger partial charge in [0.25, 0.3) is 0 Å². The first kappa shape index (κ1) is 11.2. The summed E-state index contributed by atoms with van der Waals surface area (Å²) in [6, 6.07) is 9.18. The minimum absolute atomic E-state index is 0.495. The molecule has 1 aliphatic carbocycles. The molecule has 17 heavy (non-hydrogen) atoms. The van der Waals surface area contributed by atoms with Crippen LogP contribution in [0, 0.1) is 5.92 Å². The van der Waals surface area contributed by atoms with Crippen LogP contribution in [-0.2, 0) is 6.54 Å². The Bertz CT molecular complexity index is 444. The van der Waals surface area contributed by atoms with Gasteiger partial charge in [-0.05, 0) is 36.8 Å². The second-order valence-electron chi connectivity index (χ2n) is 5.33. The lowest BCUT2D eigenvalue weighted by Crippen LogP contribution is -2.31. The average molecular weight is 246 g/mol. The van der Waals surface area contributed by atoms with Crippen LogP contribution in [-0.4, -0.2) is 22.5 Å². The van der Waals surface area contributed by atoms with E-state index in [1.54, 1.807) is 0 Å². The van der Waals surface area contributed by atoms with Gasteiger partial charge in [-0.1, -0.05) is 30.4 Å². The molecule has 2 atom stereocenters. The molecule has 3 heteroatoms. The van der Waals surface area contributed by atoms with Crippen LogP contribution in [0.15, 0.2) is 24.3 Å². The van der Waals surface area contributed by atoms with Gasteiger partial charge in [0.1, 0.15) is 4.99 Å². The monoisotopic (exact) mass is 246 g/mol. The first-order valence-corrected chi connectivity index (χ1v) is 6.76. The molecule has 90 valence electrons. The zero-order valence-electron chi connectivity index (χ0n) is 9.93. The van der Waals surface area contributed by atoms with Crippen molar-refractivity contribution in [3.05, 3.63) is 35.4 Å². The van der Waals surface area contributed by atoms with Crippen LogP contribution in [0.25, 0.3) is 0 Å². The van der Waals surface area contributed by atoms with E-state index in [0.717, 1.165) is 24.1 Å². The molecule has 0 radical (unpaired) electrons. The van der Waals surface area contributed by atoms with Crippen molar-refractivity contribution < 1.29 is 0 Å². The van der Waals surface area contributed by atoms with E-state index in [1.807, 2.05) is 6.07 Å². The van der Waals surface area contributed by atoms with Crippen molar-refractivity contribution in [2.24, 2.45) is 11.7 Å². The second kappa shape index (κ2) is 4.39.